The fourth-order valence-corrected chi connectivity index (χ4v) is 5.16. The third kappa shape index (κ3) is 2.68. The summed E-state index contributed by atoms with van der Waals surface area (Å²) in [6, 6.07) is 7.07. The summed E-state index contributed by atoms with van der Waals surface area (Å²) in [6.45, 7) is 6.29. The maximum atomic E-state index is 13.1. The van der Waals surface area contributed by atoms with Crippen molar-refractivity contribution in [3.8, 4) is 0 Å². The SMILES string of the molecule is C=CC(c1ccc(C)cc1)S(=O)(=O)C1(C(=O)O)CCNCC1. The Hall–Kier alpha value is -1.66. The second-order valence-corrected chi connectivity index (χ2v) is 8.04. The maximum absolute atomic E-state index is 13.1. The highest BCUT2D eigenvalue weighted by Crippen LogP contribution is 2.38. The minimum absolute atomic E-state index is 0.0703. The van der Waals surface area contributed by atoms with Crippen molar-refractivity contribution in [3.05, 3.63) is 48.0 Å². The Morgan fingerprint density at radius 3 is 2.32 bits per heavy atom. The van der Waals surface area contributed by atoms with Gasteiger partial charge >= 0.3 is 5.97 Å². The first-order chi connectivity index (χ1) is 10.3. The molecule has 22 heavy (non-hydrogen) atoms. The molecule has 0 bridgehead atoms. The van der Waals surface area contributed by atoms with Gasteiger partial charge in [-0.15, -0.1) is 6.58 Å². The first-order valence-electron chi connectivity index (χ1n) is 7.22. The molecule has 1 fully saturated rings. The van der Waals surface area contributed by atoms with Crippen LogP contribution in [0.25, 0.3) is 0 Å². The van der Waals surface area contributed by atoms with Crippen LogP contribution in [-0.2, 0) is 14.6 Å². The number of sulfone groups is 1. The van der Waals surface area contributed by atoms with Crippen molar-refractivity contribution in [1.29, 1.82) is 0 Å². The van der Waals surface area contributed by atoms with E-state index in [2.05, 4.69) is 11.9 Å². The number of carboxylic acids is 1. The molecule has 0 radical (unpaired) electrons. The normalized spacial score (nSPS) is 19.3. The molecule has 1 saturated heterocycles. The van der Waals surface area contributed by atoms with Crippen molar-refractivity contribution in [2.45, 2.75) is 29.8 Å². The summed E-state index contributed by atoms with van der Waals surface area (Å²) < 4.78 is 24.4. The van der Waals surface area contributed by atoms with E-state index >= 15 is 0 Å². The summed E-state index contributed by atoms with van der Waals surface area (Å²) in [7, 11) is -3.96. The van der Waals surface area contributed by atoms with Gasteiger partial charge in [0, 0.05) is 0 Å². The highest BCUT2D eigenvalue weighted by atomic mass is 32.2. The van der Waals surface area contributed by atoms with Gasteiger partial charge in [-0.3, -0.25) is 4.79 Å². The predicted molar refractivity (Wildman–Crippen MR) is 85.5 cm³/mol. The van der Waals surface area contributed by atoms with Crippen LogP contribution < -0.4 is 5.32 Å². The largest absolute Gasteiger partial charge is 0.480 e. The molecule has 6 heteroatoms. The quantitative estimate of drug-likeness (QED) is 0.808. The highest BCUT2D eigenvalue weighted by Gasteiger charge is 2.54. The monoisotopic (exact) mass is 323 g/mol. The number of carboxylic acid groups (broad SMARTS) is 1. The van der Waals surface area contributed by atoms with E-state index in [0.29, 0.717) is 18.7 Å². The van der Waals surface area contributed by atoms with E-state index in [1.54, 1.807) is 12.1 Å². The van der Waals surface area contributed by atoms with Gasteiger partial charge in [-0.2, -0.15) is 0 Å². The van der Waals surface area contributed by atoms with Crippen molar-refractivity contribution in [2.24, 2.45) is 0 Å². The Labute approximate surface area is 131 Å². The number of carbonyl (C=O) groups is 1. The molecule has 120 valence electrons. The van der Waals surface area contributed by atoms with Crippen LogP contribution in [0.15, 0.2) is 36.9 Å². The molecule has 1 unspecified atom stereocenters. The van der Waals surface area contributed by atoms with Gasteiger partial charge in [0.1, 0.15) is 5.25 Å². The van der Waals surface area contributed by atoms with E-state index in [1.165, 1.54) is 6.08 Å². The summed E-state index contributed by atoms with van der Waals surface area (Å²) in [5.41, 5.74) is 1.57. The lowest BCUT2D eigenvalue weighted by Gasteiger charge is -2.35. The fourth-order valence-electron chi connectivity index (χ4n) is 2.89. The van der Waals surface area contributed by atoms with E-state index in [4.69, 9.17) is 0 Å². The Kier molecular flexibility index (Phi) is 4.72. The van der Waals surface area contributed by atoms with Gasteiger partial charge in [0.05, 0.1) is 0 Å². The zero-order chi connectivity index (χ0) is 16.4. The summed E-state index contributed by atoms with van der Waals surface area (Å²) in [5, 5.41) is 11.6. The van der Waals surface area contributed by atoms with Crippen molar-refractivity contribution in [2.75, 3.05) is 13.1 Å². The average molecular weight is 323 g/mol. The van der Waals surface area contributed by atoms with Gasteiger partial charge in [0.25, 0.3) is 0 Å². The van der Waals surface area contributed by atoms with Crippen molar-refractivity contribution in [3.63, 3.8) is 0 Å². The van der Waals surface area contributed by atoms with Crippen molar-refractivity contribution < 1.29 is 18.3 Å². The molecular weight excluding hydrogens is 302 g/mol. The van der Waals surface area contributed by atoms with E-state index < -0.39 is 25.8 Å². The average Bonchev–Trinajstić information content (AvgIpc) is 2.50. The molecular formula is C16H21NO4S. The standard InChI is InChI=1S/C16H21NO4S/c1-3-14(13-6-4-12(2)5-7-13)22(20,21)16(15(18)19)8-10-17-11-9-16/h3-7,14,17H,1,8-11H2,2H3,(H,18,19). The third-order valence-electron chi connectivity index (χ3n) is 4.30. The molecule has 0 amide bonds. The Bertz CT molecular complexity index is 658. The number of benzene rings is 1. The van der Waals surface area contributed by atoms with E-state index in [9.17, 15) is 18.3 Å². The molecule has 1 aliphatic rings. The van der Waals surface area contributed by atoms with Crippen LogP contribution in [0, 0.1) is 6.92 Å². The van der Waals surface area contributed by atoms with Crippen LogP contribution in [-0.4, -0.2) is 37.3 Å². The molecule has 2 N–H and O–H groups in total. The minimum Gasteiger partial charge on any atom is -0.480 e. The van der Waals surface area contributed by atoms with Gasteiger partial charge in [-0.25, -0.2) is 8.42 Å². The van der Waals surface area contributed by atoms with E-state index in [-0.39, 0.29) is 12.8 Å². The fraction of sp³-hybridized carbons (Fsp3) is 0.438. The highest BCUT2D eigenvalue weighted by molar-refractivity contribution is 7.94. The number of rotatable bonds is 5. The number of nitrogens with one attached hydrogen (secondary N) is 1. The van der Waals surface area contributed by atoms with E-state index in [0.717, 1.165) is 5.56 Å². The van der Waals surface area contributed by atoms with Crippen molar-refractivity contribution >= 4 is 15.8 Å². The number of hydrogen-bond donors (Lipinski definition) is 2. The number of aliphatic carboxylic acids is 1. The zero-order valence-corrected chi connectivity index (χ0v) is 13.4. The van der Waals surface area contributed by atoms with Crippen LogP contribution in [0.5, 0.6) is 0 Å². The number of hydrogen-bond acceptors (Lipinski definition) is 4. The van der Waals surface area contributed by atoms with Crippen LogP contribution in [0.4, 0.5) is 0 Å². The lowest BCUT2D eigenvalue weighted by Crippen LogP contribution is -2.54. The first-order valence-corrected chi connectivity index (χ1v) is 8.76. The summed E-state index contributed by atoms with van der Waals surface area (Å²) >= 11 is 0. The molecule has 1 aromatic carbocycles. The molecule has 2 rings (SSSR count). The number of piperidine rings is 1. The second kappa shape index (κ2) is 6.22. The topological polar surface area (TPSA) is 83.5 Å². The first kappa shape index (κ1) is 16.7. The van der Waals surface area contributed by atoms with Crippen LogP contribution >= 0.6 is 0 Å². The maximum Gasteiger partial charge on any atom is 0.325 e. The van der Waals surface area contributed by atoms with Gasteiger partial charge < -0.3 is 10.4 Å². The van der Waals surface area contributed by atoms with Gasteiger partial charge in [-0.05, 0) is 38.4 Å². The molecule has 0 saturated carbocycles. The molecule has 0 aliphatic carbocycles. The van der Waals surface area contributed by atoms with Crippen LogP contribution in [0.3, 0.4) is 0 Å². The molecule has 1 heterocycles. The van der Waals surface area contributed by atoms with Crippen molar-refractivity contribution in [1.82, 2.24) is 5.32 Å². The minimum atomic E-state index is -3.96. The Balaban J connectivity index is 2.51. The summed E-state index contributed by atoms with van der Waals surface area (Å²) in [4.78, 5) is 11.8. The summed E-state index contributed by atoms with van der Waals surface area (Å²) in [6.07, 6.45) is 1.47. The van der Waals surface area contributed by atoms with E-state index in [1.807, 2.05) is 19.1 Å². The lowest BCUT2D eigenvalue weighted by molar-refractivity contribution is -0.140. The lowest BCUT2D eigenvalue weighted by atomic mass is 9.97. The number of aryl methyl sites for hydroxylation is 1. The predicted octanol–water partition coefficient (Wildman–Crippen LogP) is 1.84. The second-order valence-electron chi connectivity index (χ2n) is 5.66. The van der Waals surface area contributed by atoms with Crippen LogP contribution in [0.2, 0.25) is 0 Å². The molecule has 1 atom stereocenters. The molecule has 0 aromatic heterocycles. The molecule has 1 aliphatic heterocycles. The Morgan fingerprint density at radius 1 is 1.32 bits per heavy atom. The van der Waals surface area contributed by atoms with Crippen LogP contribution in [0.1, 0.15) is 29.2 Å². The van der Waals surface area contributed by atoms with Gasteiger partial charge in [0.15, 0.2) is 14.6 Å². The zero-order valence-electron chi connectivity index (χ0n) is 12.6. The Morgan fingerprint density at radius 2 is 1.86 bits per heavy atom. The molecule has 5 nitrogen and oxygen atoms in total. The van der Waals surface area contributed by atoms with Gasteiger partial charge in [0.2, 0.25) is 0 Å². The van der Waals surface area contributed by atoms with Gasteiger partial charge in [-0.1, -0.05) is 35.9 Å². The smallest absolute Gasteiger partial charge is 0.325 e. The summed E-state index contributed by atoms with van der Waals surface area (Å²) in [5.74, 6) is -1.27. The molecule has 1 aromatic rings. The molecule has 0 spiro atoms. The third-order valence-corrected chi connectivity index (χ3v) is 7.11.